The van der Waals surface area contributed by atoms with Gasteiger partial charge in [0.05, 0.1) is 0 Å². The Balaban J connectivity index is 2.42. The molecule has 18 heavy (non-hydrogen) atoms. The standard InChI is InChI=1S/C12H9ClN4O/c13-10-12-15-9(18)6-8(14)17(12)11(16-10)7-4-2-1-3-5-7/h1-6H,14H2,(H,15,18). The van der Waals surface area contributed by atoms with E-state index in [-0.39, 0.29) is 10.7 Å². The third-order valence-electron chi connectivity index (χ3n) is 2.65. The summed E-state index contributed by atoms with van der Waals surface area (Å²) in [7, 11) is 0. The van der Waals surface area contributed by atoms with Crippen molar-refractivity contribution in [3.63, 3.8) is 0 Å². The van der Waals surface area contributed by atoms with Crippen molar-refractivity contribution in [2.45, 2.75) is 0 Å². The van der Waals surface area contributed by atoms with Crippen LogP contribution in [-0.2, 0) is 0 Å². The number of rotatable bonds is 1. The van der Waals surface area contributed by atoms with Gasteiger partial charge in [0.2, 0.25) is 0 Å². The Morgan fingerprint density at radius 2 is 2.00 bits per heavy atom. The number of nitrogens with zero attached hydrogens (tertiary/aromatic N) is 2. The minimum Gasteiger partial charge on any atom is -0.385 e. The monoisotopic (exact) mass is 260 g/mol. The first-order valence-electron chi connectivity index (χ1n) is 5.29. The molecule has 3 aromatic rings. The van der Waals surface area contributed by atoms with Gasteiger partial charge in [-0.2, -0.15) is 0 Å². The molecule has 0 fully saturated rings. The fraction of sp³-hybridized carbons (Fsp3) is 0. The van der Waals surface area contributed by atoms with Crippen molar-refractivity contribution in [1.82, 2.24) is 14.4 Å². The summed E-state index contributed by atoms with van der Waals surface area (Å²) in [6.07, 6.45) is 0. The Morgan fingerprint density at radius 1 is 1.28 bits per heavy atom. The van der Waals surface area contributed by atoms with Crippen LogP contribution in [0.15, 0.2) is 41.2 Å². The molecule has 0 amide bonds. The third-order valence-corrected chi connectivity index (χ3v) is 2.91. The molecular weight excluding hydrogens is 252 g/mol. The smallest absolute Gasteiger partial charge is 0.253 e. The molecule has 3 rings (SSSR count). The lowest BCUT2D eigenvalue weighted by Gasteiger charge is -2.03. The van der Waals surface area contributed by atoms with Gasteiger partial charge in [-0.1, -0.05) is 41.9 Å². The van der Waals surface area contributed by atoms with E-state index in [0.717, 1.165) is 5.56 Å². The predicted molar refractivity (Wildman–Crippen MR) is 70.7 cm³/mol. The molecule has 1 aromatic carbocycles. The number of aromatic nitrogens is 3. The van der Waals surface area contributed by atoms with Gasteiger partial charge < -0.3 is 10.7 Å². The molecule has 0 atom stereocenters. The van der Waals surface area contributed by atoms with Crippen molar-refractivity contribution in [2.75, 3.05) is 5.73 Å². The maximum absolute atomic E-state index is 11.4. The van der Waals surface area contributed by atoms with Crippen LogP contribution in [-0.4, -0.2) is 14.4 Å². The first-order valence-corrected chi connectivity index (χ1v) is 5.67. The van der Waals surface area contributed by atoms with Crippen molar-refractivity contribution in [3.8, 4) is 11.4 Å². The molecule has 0 radical (unpaired) electrons. The van der Waals surface area contributed by atoms with E-state index >= 15 is 0 Å². The number of aromatic amines is 1. The summed E-state index contributed by atoms with van der Waals surface area (Å²) in [5.41, 5.74) is 6.83. The molecule has 0 unspecified atom stereocenters. The van der Waals surface area contributed by atoms with Crippen LogP contribution in [0.25, 0.3) is 17.0 Å². The minimum atomic E-state index is -0.304. The highest BCUT2D eigenvalue weighted by atomic mass is 35.5. The van der Waals surface area contributed by atoms with E-state index in [1.807, 2.05) is 30.3 Å². The molecule has 0 aliphatic carbocycles. The first-order chi connectivity index (χ1) is 8.66. The minimum absolute atomic E-state index is 0.221. The second-order valence-corrected chi connectivity index (χ2v) is 4.19. The number of H-pyrrole nitrogens is 1. The second-order valence-electron chi connectivity index (χ2n) is 3.83. The molecule has 0 saturated carbocycles. The van der Waals surface area contributed by atoms with E-state index in [4.69, 9.17) is 17.3 Å². The zero-order valence-corrected chi connectivity index (χ0v) is 9.98. The lowest BCUT2D eigenvalue weighted by Crippen LogP contribution is -2.11. The summed E-state index contributed by atoms with van der Waals surface area (Å²) in [4.78, 5) is 18.2. The third kappa shape index (κ3) is 1.56. The van der Waals surface area contributed by atoms with Crippen LogP contribution < -0.4 is 11.3 Å². The van der Waals surface area contributed by atoms with E-state index in [9.17, 15) is 4.79 Å². The molecule has 2 heterocycles. The molecule has 0 aliphatic rings. The van der Waals surface area contributed by atoms with E-state index < -0.39 is 0 Å². The SMILES string of the molecule is Nc1cc(=O)[nH]c2c(Cl)nc(-c3ccccc3)n12. The van der Waals surface area contributed by atoms with Crippen molar-refractivity contribution in [1.29, 1.82) is 0 Å². The van der Waals surface area contributed by atoms with E-state index in [2.05, 4.69) is 9.97 Å². The Hall–Kier alpha value is -2.27. The van der Waals surface area contributed by atoms with Gasteiger partial charge in [-0.3, -0.25) is 9.20 Å². The van der Waals surface area contributed by atoms with Crippen LogP contribution >= 0.6 is 11.6 Å². The first kappa shape index (κ1) is 10.9. The topological polar surface area (TPSA) is 76.2 Å². The number of halogens is 1. The average Bonchev–Trinajstić information content (AvgIpc) is 2.68. The molecule has 5 nitrogen and oxygen atoms in total. The van der Waals surface area contributed by atoms with Gasteiger partial charge in [0.15, 0.2) is 10.8 Å². The zero-order chi connectivity index (χ0) is 12.7. The number of nitrogen functional groups attached to an aromatic ring is 1. The van der Waals surface area contributed by atoms with Gasteiger partial charge in [-0.25, -0.2) is 4.98 Å². The van der Waals surface area contributed by atoms with Gasteiger partial charge in [0.1, 0.15) is 11.6 Å². The maximum Gasteiger partial charge on any atom is 0.253 e. The average molecular weight is 261 g/mol. The summed E-state index contributed by atoms with van der Waals surface area (Å²) >= 11 is 6.01. The number of hydrogen-bond donors (Lipinski definition) is 2. The highest BCUT2D eigenvalue weighted by Crippen LogP contribution is 2.25. The zero-order valence-electron chi connectivity index (χ0n) is 9.22. The van der Waals surface area contributed by atoms with Gasteiger partial charge >= 0.3 is 0 Å². The fourth-order valence-electron chi connectivity index (χ4n) is 1.89. The lowest BCUT2D eigenvalue weighted by atomic mass is 10.2. The molecule has 6 heteroatoms. The van der Waals surface area contributed by atoms with E-state index in [1.165, 1.54) is 6.07 Å². The number of nitrogens with one attached hydrogen (secondary N) is 1. The molecule has 3 N–H and O–H groups in total. The lowest BCUT2D eigenvalue weighted by molar-refractivity contribution is 1.11. The van der Waals surface area contributed by atoms with Crippen LogP contribution in [0, 0.1) is 0 Å². The largest absolute Gasteiger partial charge is 0.385 e. The van der Waals surface area contributed by atoms with Gasteiger partial charge in [0.25, 0.3) is 5.56 Å². The molecule has 0 saturated heterocycles. The maximum atomic E-state index is 11.4. The highest BCUT2D eigenvalue weighted by Gasteiger charge is 2.14. The van der Waals surface area contributed by atoms with Crippen LogP contribution in [0.4, 0.5) is 5.82 Å². The molecule has 2 aromatic heterocycles. The van der Waals surface area contributed by atoms with Gasteiger partial charge in [0, 0.05) is 11.6 Å². The number of hydrogen-bond acceptors (Lipinski definition) is 3. The number of fused-ring (bicyclic) bond motifs is 1. The summed E-state index contributed by atoms with van der Waals surface area (Å²) in [5.74, 6) is 0.899. The Kier molecular flexibility index (Phi) is 2.34. The summed E-state index contributed by atoms with van der Waals surface area (Å²) < 4.78 is 1.62. The summed E-state index contributed by atoms with van der Waals surface area (Å²) in [6, 6.07) is 10.8. The number of nitrogens with two attached hydrogens (primary N) is 1. The summed E-state index contributed by atoms with van der Waals surface area (Å²) in [6.45, 7) is 0. The van der Waals surface area contributed by atoms with Crippen molar-refractivity contribution in [3.05, 3.63) is 51.9 Å². The molecule has 90 valence electrons. The number of benzene rings is 1. The van der Waals surface area contributed by atoms with Crippen LogP contribution in [0.3, 0.4) is 0 Å². The molecule has 0 aliphatic heterocycles. The molecule has 0 spiro atoms. The van der Waals surface area contributed by atoms with Crippen LogP contribution in [0.2, 0.25) is 5.15 Å². The predicted octanol–water partition coefficient (Wildman–Crippen LogP) is 1.93. The number of imidazole rings is 1. The van der Waals surface area contributed by atoms with E-state index in [0.29, 0.717) is 17.3 Å². The highest BCUT2D eigenvalue weighted by molar-refractivity contribution is 6.32. The van der Waals surface area contributed by atoms with Crippen molar-refractivity contribution < 1.29 is 0 Å². The van der Waals surface area contributed by atoms with Crippen LogP contribution in [0.5, 0.6) is 0 Å². The Bertz CT molecular complexity index is 776. The van der Waals surface area contributed by atoms with Crippen LogP contribution in [0.1, 0.15) is 0 Å². The number of anilines is 1. The van der Waals surface area contributed by atoms with E-state index in [1.54, 1.807) is 4.40 Å². The normalized spacial score (nSPS) is 10.9. The fourth-order valence-corrected chi connectivity index (χ4v) is 2.10. The molecule has 0 bridgehead atoms. The van der Waals surface area contributed by atoms with Crippen molar-refractivity contribution in [2.24, 2.45) is 0 Å². The van der Waals surface area contributed by atoms with Gasteiger partial charge in [-0.05, 0) is 0 Å². The van der Waals surface area contributed by atoms with Crippen molar-refractivity contribution >= 4 is 23.1 Å². The Labute approximate surface area is 107 Å². The Morgan fingerprint density at radius 3 is 2.72 bits per heavy atom. The quantitative estimate of drug-likeness (QED) is 0.702. The second kappa shape index (κ2) is 3.89. The molecular formula is C12H9ClN4O. The van der Waals surface area contributed by atoms with Gasteiger partial charge in [-0.15, -0.1) is 0 Å². The summed E-state index contributed by atoms with van der Waals surface area (Å²) in [5, 5.41) is 0.221.